The van der Waals surface area contributed by atoms with Gasteiger partial charge in [-0.1, -0.05) is 25.4 Å². The Morgan fingerprint density at radius 3 is 2.76 bits per heavy atom. The van der Waals surface area contributed by atoms with Crippen LogP contribution in [0.15, 0.2) is 22.6 Å². The van der Waals surface area contributed by atoms with E-state index in [9.17, 15) is 4.39 Å². The Morgan fingerprint density at radius 2 is 2.12 bits per heavy atom. The molecule has 1 heterocycles. The lowest BCUT2D eigenvalue weighted by Crippen LogP contribution is -1.93. The van der Waals surface area contributed by atoms with E-state index in [1.807, 2.05) is 13.8 Å². The normalized spacial score (nSPS) is 11.1. The van der Waals surface area contributed by atoms with Crippen LogP contribution in [0.3, 0.4) is 0 Å². The number of oxazole rings is 1. The Labute approximate surface area is 103 Å². The second kappa shape index (κ2) is 4.37. The van der Waals surface area contributed by atoms with E-state index in [1.165, 1.54) is 18.2 Å². The third-order valence-electron chi connectivity index (χ3n) is 2.39. The van der Waals surface area contributed by atoms with Gasteiger partial charge in [-0.05, 0) is 24.1 Å². The minimum Gasteiger partial charge on any atom is -0.423 e. The molecule has 0 saturated heterocycles. The van der Waals surface area contributed by atoms with Gasteiger partial charge in [0.05, 0.1) is 11.3 Å². The van der Waals surface area contributed by atoms with Gasteiger partial charge in [-0.3, -0.25) is 0 Å². The van der Waals surface area contributed by atoms with E-state index in [0.29, 0.717) is 16.5 Å². The quantitative estimate of drug-likeness (QED) is 0.886. The second-order valence-corrected chi connectivity index (χ2v) is 4.48. The maximum Gasteiger partial charge on any atom is 0.292 e. The highest BCUT2D eigenvalue weighted by Crippen LogP contribution is 2.33. The van der Waals surface area contributed by atoms with Crippen molar-refractivity contribution in [3.8, 4) is 11.3 Å². The maximum absolute atomic E-state index is 13.7. The fourth-order valence-electron chi connectivity index (χ4n) is 1.60. The molecule has 90 valence electrons. The van der Waals surface area contributed by atoms with Crippen molar-refractivity contribution in [3.63, 3.8) is 0 Å². The first kappa shape index (κ1) is 11.9. The zero-order valence-electron chi connectivity index (χ0n) is 9.50. The molecule has 0 atom stereocenters. The van der Waals surface area contributed by atoms with Gasteiger partial charge in [-0.15, -0.1) is 0 Å². The molecule has 0 unspecified atom stereocenters. The van der Waals surface area contributed by atoms with E-state index < -0.39 is 5.82 Å². The fourth-order valence-corrected chi connectivity index (χ4v) is 1.78. The summed E-state index contributed by atoms with van der Waals surface area (Å²) < 4.78 is 19.0. The average molecular weight is 255 g/mol. The molecule has 1 aromatic heterocycles. The lowest BCUT2D eigenvalue weighted by Gasteiger charge is -2.05. The molecule has 0 spiro atoms. The molecule has 0 amide bonds. The van der Waals surface area contributed by atoms with Crippen LogP contribution in [0, 0.1) is 5.82 Å². The van der Waals surface area contributed by atoms with Gasteiger partial charge >= 0.3 is 0 Å². The van der Waals surface area contributed by atoms with Gasteiger partial charge in [-0.2, -0.15) is 4.98 Å². The van der Waals surface area contributed by atoms with Gasteiger partial charge in [0.1, 0.15) is 5.82 Å². The van der Waals surface area contributed by atoms with Crippen LogP contribution in [-0.2, 0) is 0 Å². The van der Waals surface area contributed by atoms with Crippen LogP contribution in [-0.4, -0.2) is 4.98 Å². The van der Waals surface area contributed by atoms with Crippen molar-refractivity contribution in [3.05, 3.63) is 34.7 Å². The molecule has 5 heteroatoms. The summed E-state index contributed by atoms with van der Waals surface area (Å²) in [6.07, 6.45) is 0. The van der Waals surface area contributed by atoms with Crippen LogP contribution in [0.4, 0.5) is 10.4 Å². The first-order valence-corrected chi connectivity index (χ1v) is 5.58. The van der Waals surface area contributed by atoms with Crippen molar-refractivity contribution in [1.29, 1.82) is 0 Å². The van der Waals surface area contributed by atoms with Gasteiger partial charge in [-0.25, -0.2) is 4.39 Å². The van der Waals surface area contributed by atoms with Crippen molar-refractivity contribution in [2.75, 3.05) is 5.73 Å². The predicted octanol–water partition coefficient (Wildman–Crippen LogP) is 3.84. The number of anilines is 1. The van der Waals surface area contributed by atoms with Gasteiger partial charge in [0.25, 0.3) is 6.01 Å². The molecule has 2 N–H and O–H groups in total. The molecule has 3 nitrogen and oxygen atoms in total. The van der Waals surface area contributed by atoms with Crippen LogP contribution in [0.25, 0.3) is 11.3 Å². The zero-order valence-corrected chi connectivity index (χ0v) is 10.3. The molecule has 2 rings (SSSR count). The molecule has 17 heavy (non-hydrogen) atoms. The third-order valence-corrected chi connectivity index (χ3v) is 2.62. The molecular weight excluding hydrogens is 243 g/mol. The molecular formula is C12H12ClFN2O. The van der Waals surface area contributed by atoms with Gasteiger partial charge in [0.2, 0.25) is 0 Å². The molecule has 0 saturated carbocycles. The number of hydrogen-bond donors (Lipinski definition) is 1. The number of nitrogens with two attached hydrogens (primary N) is 1. The Kier molecular flexibility index (Phi) is 3.07. The summed E-state index contributed by atoms with van der Waals surface area (Å²) in [5, 5.41) is 0.436. The van der Waals surface area contributed by atoms with Crippen LogP contribution >= 0.6 is 11.6 Å². The Balaban J connectivity index is 2.63. The summed E-state index contributed by atoms with van der Waals surface area (Å²) in [5.41, 5.74) is 6.42. The molecule has 0 radical (unpaired) electrons. The number of halogens is 2. The van der Waals surface area contributed by atoms with Crippen molar-refractivity contribution < 1.29 is 8.81 Å². The minimum atomic E-state index is -0.410. The summed E-state index contributed by atoms with van der Waals surface area (Å²) in [4.78, 5) is 4.06. The lowest BCUT2D eigenvalue weighted by molar-refractivity contribution is 0.577. The SMILES string of the molecule is CC(C)c1nc(N)oc1-c1cc(Cl)ccc1F. The minimum absolute atomic E-state index is 0.0306. The van der Waals surface area contributed by atoms with Crippen molar-refractivity contribution in [2.45, 2.75) is 19.8 Å². The smallest absolute Gasteiger partial charge is 0.292 e. The number of nitrogen functional groups attached to an aromatic ring is 1. The molecule has 2 aromatic rings. The van der Waals surface area contributed by atoms with Crippen LogP contribution < -0.4 is 5.73 Å². The predicted molar refractivity (Wildman–Crippen MR) is 65.4 cm³/mol. The van der Waals surface area contributed by atoms with Crippen LogP contribution in [0.2, 0.25) is 5.02 Å². The van der Waals surface area contributed by atoms with Gasteiger partial charge in [0, 0.05) is 5.02 Å². The Bertz CT molecular complexity index is 551. The topological polar surface area (TPSA) is 52.0 Å². The highest BCUT2D eigenvalue weighted by atomic mass is 35.5. The summed E-state index contributed by atoms with van der Waals surface area (Å²) in [6.45, 7) is 3.87. The fraction of sp³-hybridized carbons (Fsp3) is 0.250. The molecule has 0 aliphatic rings. The van der Waals surface area contributed by atoms with Crippen molar-refractivity contribution >= 4 is 17.6 Å². The van der Waals surface area contributed by atoms with Crippen LogP contribution in [0.5, 0.6) is 0 Å². The number of nitrogens with zero attached hydrogens (tertiary/aromatic N) is 1. The van der Waals surface area contributed by atoms with Gasteiger partial charge < -0.3 is 10.2 Å². The number of hydrogen-bond acceptors (Lipinski definition) is 3. The largest absolute Gasteiger partial charge is 0.423 e. The summed E-state index contributed by atoms with van der Waals surface area (Å²) in [5.74, 6) is 0.0226. The van der Waals surface area contributed by atoms with E-state index in [2.05, 4.69) is 4.98 Å². The Morgan fingerprint density at radius 1 is 1.41 bits per heavy atom. The second-order valence-electron chi connectivity index (χ2n) is 4.05. The molecule has 0 aliphatic heterocycles. The van der Waals surface area contributed by atoms with Gasteiger partial charge in [0.15, 0.2) is 5.76 Å². The van der Waals surface area contributed by atoms with E-state index in [-0.39, 0.29) is 17.5 Å². The van der Waals surface area contributed by atoms with E-state index in [4.69, 9.17) is 21.8 Å². The first-order chi connectivity index (χ1) is 7.99. The number of benzene rings is 1. The van der Waals surface area contributed by atoms with E-state index in [1.54, 1.807) is 0 Å². The molecule has 1 aromatic carbocycles. The number of rotatable bonds is 2. The highest BCUT2D eigenvalue weighted by molar-refractivity contribution is 6.30. The summed E-state index contributed by atoms with van der Waals surface area (Å²) >= 11 is 5.85. The van der Waals surface area contributed by atoms with E-state index in [0.717, 1.165) is 0 Å². The lowest BCUT2D eigenvalue weighted by atomic mass is 10.0. The third kappa shape index (κ3) is 2.26. The standard InChI is InChI=1S/C12H12ClFN2O/c1-6(2)10-11(17-12(15)16-10)8-5-7(13)3-4-9(8)14/h3-6H,1-2H3,(H2,15,16). The number of aromatic nitrogens is 1. The molecule has 0 fully saturated rings. The molecule has 0 bridgehead atoms. The molecule has 0 aliphatic carbocycles. The maximum atomic E-state index is 13.7. The zero-order chi connectivity index (χ0) is 12.6. The first-order valence-electron chi connectivity index (χ1n) is 5.20. The summed E-state index contributed by atoms with van der Waals surface area (Å²) in [6, 6.07) is 4.31. The summed E-state index contributed by atoms with van der Waals surface area (Å²) in [7, 11) is 0. The average Bonchev–Trinajstić information content (AvgIpc) is 2.64. The van der Waals surface area contributed by atoms with Crippen molar-refractivity contribution in [1.82, 2.24) is 4.98 Å². The van der Waals surface area contributed by atoms with E-state index >= 15 is 0 Å². The van der Waals surface area contributed by atoms with Crippen LogP contribution in [0.1, 0.15) is 25.5 Å². The van der Waals surface area contributed by atoms with Crippen molar-refractivity contribution in [2.24, 2.45) is 0 Å². The Hall–Kier alpha value is -1.55. The monoisotopic (exact) mass is 254 g/mol. The highest BCUT2D eigenvalue weighted by Gasteiger charge is 2.19.